The number of nitrogens with zero attached hydrogens (tertiary/aromatic N) is 1. The minimum absolute atomic E-state index is 0.521. The van der Waals surface area contributed by atoms with E-state index in [1.807, 2.05) is 30.3 Å². The fraction of sp³-hybridized carbons (Fsp3) is 0.167. The van der Waals surface area contributed by atoms with Crippen LogP contribution in [-0.2, 0) is 0 Å². The van der Waals surface area contributed by atoms with E-state index in [9.17, 15) is 0 Å². The largest absolute Gasteiger partial charge is 0.494 e. The van der Waals surface area contributed by atoms with Crippen LogP contribution < -0.4 is 19.5 Å². The summed E-state index contributed by atoms with van der Waals surface area (Å²) in [5.41, 5.74) is 1.52. The third-order valence-corrected chi connectivity index (χ3v) is 3.88. The maximum atomic E-state index is 5.93. The monoisotopic (exact) mass is 344 g/mol. The van der Waals surface area contributed by atoms with Gasteiger partial charge in [-0.2, -0.15) is 0 Å². The molecule has 2 aromatic carbocycles. The number of halogens is 1. The number of fused-ring (bicyclic) bond motifs is 1. The van der Waals surface area contributed by atoms with Gasteiger partial charge in [0.1, 0.15) is 11.3 Å². The number of nitrogens with one attached hydrogen (secondary N) is 1. The van der Waals surface area contributed by atoms with Gasteiger partial charge in [0.25, 0.3) is 0 Å². The van der Waals surface area contributed by atoms with Crippen LogP contribution in [0.5, 0.6) is 17.2 Å². The third kappa shape index (κ3) is 2.90. The lowest BCUT2D eigenvalue weighted by atomic mass is 10.1. The first-order valence-corrected chi connectivity index (χ1v) is 7.67. The number of hydrogen-bond acceptors (Lipinski definition) is 5. The van der Waals surface area contributed by atoms with Crippen LogP contribution in [0.3, 0.4) is 0 Å². The van der Waals surface area contributed by atoms with Gasteiger partial charge in [-0.15, -0.1) is 0 Å². The lowest BCUT2D eigenvalue weighted by Crippen LogP contribution is -2.02. The van der Waals surface area contributed by atoms with Crippen molar-refractivity contribution in [2.45, 2.75) is 0 Å². The van der Waals surface area contributed by atoms with Gasteiger partial charge < -0.3 is 19.5 Å². The SMILES string of the molecule is COc1c(Nc2ccc(Cl)cc2)nc2c(OC)cccc2c1OC. The highest BCUT2D eigenvalue weighted by molar-refractivity contribution is 6.30. The molecule has 0 atom stereocenters. The van der Waals surface area contributed by atoms with Crippen LogP contribution in [0, 0.1) is 0 Å². The molecule has 0 saturated heterocycles. The molecule has 0 saturated carbocycles. The van der Waals surface area contributed by atoms with Gasteiger partial charge in [-0.1, -0.05) is 17.7 Å². The fourth-order valence-corrected chi connectivity index (χ4v) is 2.65. The van der Waals surface area contributed by atoms with Crippen molar-refractivity contribution in [2.24, 2.45) is 0 Å². The van der Waals surface area contributed by atoms with Gasteiger partial charge in [-0.25, -0.2) is 4.98 Å². The number of methoxy groups -OCH3 is 3. The van der Waals surface area contributed by atoms with E-state index >= 15 is 0 Å². The third-order valence-electron chi connectivity index (χ3n) is 3.62. The molecule has 0 aliphatic rings. The van der Waals surface area contributed by atoms with E-state index < -0.39 is 0 Å². The molecular weight excluding hydrogens is 328 g/mol. The zero-order valence-electron chi connectivity index (χ0n) is 13.6. The molecule has 0 aliphatic heterocycles. The summed E-state index contributed by atoms with van der Waals surface area (Å²) in [6.07, 6.45) is 0. The predicted molar refractivity (Wildman–Crippen MR) is 96.1 cm³/mol. The zero-order chi connectivity index (χ0) is 17.1. The number of benzene rings is 2. The summed E-state index contributed by atoms with van der Waals surface area (Å²) in [7, 11) is 4.79. The number of rotatable bonds is 5. The Balaban J connectivity index is 2.20. The number of pyridine rings is 1. The molecule has 0 amide bonds. The zero-order valence-corrected chi connectivity index (χ0v) is 14.3. The standard InChI is InChI=1S/C18H17ClN2O3/c1-22-14-6-4-5-13-15(14)21-18(17(24-3)16(13)23-2)20-12-9-7-11(19)8-10-12/h4-10H,1-3H3,(H,20,21). The van der Waals surface area contributed by atoms with E-state index in [0.717, 1.165) is 11.1 Å². The Hall–Kier alpha value is -2.66. The Morgan fingerprint density at radius 2 is 1.58 bits per heavy atom. The Bertz CT molecular complexity index is 866. The quantitative estimate of drug-likeness (QED) is 0.729. The molecule has 0 fully saturated rings. The molecule has 0 aliphatic carbocycles. The van der Waals surface area contributed by atoms with E-state index in [1.165, 1.54) is 0 Å². The van der Waals surface area contributed by atoms with E-state index in [1.54, 1.807) is 33.5 Å². The summed E-state index contributed by atoms with van der Waals surface area (Å²) in [6.45, 7) is 0. The number of anilines is 2. The van der Waals surface area contributed by atoms with Crippen molar-refractivity contribution < 1.29 is 14.2 Å². The van der Waals surface area contributed by atoms with Gasteiger partial charge >= 0.3 is 0 Å². The normalized spacial score (nSPS) is 10.5. The van der Waals surface area contributed by atoms with Crippen molar-refractivity contribution in [2.75, 3.05) is 26.6 Å². The summed E-state index contributed by atoms with van der Waals surface area (Å²) >= 11 is 5.93. The van der Waals surface area contributed by atoms with Crippen LogP contribution in [-0.4, -0.2) is 26.3 Å². The maximum Gasteiger partial charge on any atom is 0.204 e. The van der Waals surface area contributed by atoms with Crippen LogP contribution in [0.25, 0.3) is 10.9 Å². The summed E-state index contributed by atoms with van der Waals surface area (Å²) in [4.78, 5) is 4.67. The lowest BCUT2D eigenvalue weighted by molar-refractivity contribution is 0.358. The molecule has 0 radical (unpaired) electrons. The molecule has 3 rings (SSSR count). The molecule has 0 bridgehead atoms. The minimum atomic E-state index is 0.521. The van der Waals surface area contributed by atoms with Crippen molar-refractivity contribution in [1.82, 2.24) is 4.98 Å². The Morgan fingerprint density at radius 1 is 0.875 bits per heavy atom. The van der Waals surface area contributed by atoms with Crippen molar-refractivity contribution in [3.8, 4) is 17.2 Å². The van der Waals surface area contributed by atoms with Crippen molar-refractivity contribution in [3.63, 3.8) is 0 Å². The first-order valence-electron chi connectivity index (χ1n) is 7.29. The number of aromatic nitrogens is 1. The number of ether oxygens (including phenoxy) is 3. The Labute approximate surface area is 145 Å². The van der Waals surface area contributed by atoms with E-state index in [0.29, 0.717) is 33.6 Å². The van der Waals surface area contributed by atoms with Gasteiger partial charge in [0.05, 0.1) is 26.7 Å². The van der Waals surface area contributed by atoms with E-state index in [4.69, 9.17) is 25.8 Å². The van der Waals surface area contributed by atoms with Crippen LogP contribution in [0.4, 0.5) is 11.5 Å². The van der Waals surface area contributed by atoms with Gasteiger partial charge in [0, 0.05) is 10.7 Å². The van der Waals surface area contributed by atoms with Gasteiger partial charge in [0.2, 0.25) is 5.75 Å². The van der Waals surface area contributed by atoms with Crippen LogP contribution in [0.2, 0.25) is 5.02 Å². The molecule has 24 heavy (non-hydrogen) atoms. The molecule has 0 spiro atoms. The molecule has 1 heterocycles. The molecule has 1 N–H and O–H groups in total. The van der Waals surface area contributed by atoms with Crippen molar-refractivity contribution in [3.05, 3.63) is 47.5 Å². The van der Waals surface area contributed by atoms with Crippen molar-refractivity contribution >= 4 is 34.0 Å². The molecule has 3 aromatic rings. The highest BCUT2D eigenvalue weighted by Crippen LogP contribution is 2.43. The van der Waals surface area contributed by atoms with Crippen LogP contribution in [0.15, 0.2) is 42.5 Å². The molecule has 5 nitrogen and oxygen atoms in total. The summed E-state index contributed by atoms with van der Waals surface area (Å²) in [6, 6.07) is 13.0. The highest BCUT2D eigenvalue weighted by atomic mass is 35.5. The second-order valence-corrected chi connectivity index (χ2v) is 5.45. The molecule has 6 heteroatoms. The Morgan fingerprint density at radius 3 is 2.21 bits per heavy atom. The molecular formula is C18H17ClN2O3. The summed E-state index contributed by atoms with van der Waals surface area (Å²) in [5.74, 6) is 2.31. The first kappa shape index (κ1) is 16.2. The molecule has 124 valence electrons. The lowest BCUT2D eigenvalue weighted by Gasteiger charge is -2.17. The number of hydrogen-bond donors (Lipinski definition) is 1. The molecule has 1 aromatic heterocycles. The Kier molecular flexibility index (Phi) is 4.62. The fourth-order valence-electron chi connectivity index (χ4n) is 2.52. The van der Waals surface area contributed by atoms with Gasteiger partial charge in [-0.05, 0) is 36.4 Å². The topological polar surface area (TPSA) is 52.6 Å². The average Bonchev–Trinajstić information content (AvgIpc) is 2.61. The van der Waals surface area contributed by atoms with Crippen LogP contribution in [0.1, 0.15) is 0 Å². The number of para-hydroxylation sites is 1. The smallest absolute Gasteiger partial charge is 0.204 e. The second-order valence-electron chi connectivity index (χ2n) is 5.02. The van der Waals surface area contributed by atoms with E-state index in [-0.39, 0.29) is 0 Å². The predicted octanol–water partition coefficient (Wildman–Crippen LogP) is 4.66. The maximum absolute atomic E-state index is 5.93. The van der Waals surface area contributed by atoms with Crippen LogP contribution >= 0.6 is 11.6 Å². The average molecular weight is 345 g/mol. The highest BCUT2D eigenvalue weighted by Gasteiger charge is 2.19. The van der Waals surface area contributed by atoms with E-state index in [2.05, 4.69) is 10.3 Å². The first-order chi connectivity index (χ1) is 11.7. The summed E-state index contributed by atoms with van der Waals surface area (Å²) < 4.78 is 16.5. The van der Waals surface area contributed by atoms with Gasteiger partial charge in [0.15, 0.2) is 11.6 Å². The minimum Gasteiger partial charge on any atom is -0.494 e. The molecule has 0 unspecified atom stereocenters. The van der Waals surface area contributed by atoms with Crippen molar-refractivity contribution in [1.29, 1.82) is 0 Å². The summed E-state index contributed by atoms with van der Waals surface area (Å²) in [5, 5.41) is 4.72. The second kappa shape index (κ2) is 6.84. The van der Waals surface area contributed by atoms with Gasteiger partial charge in [-0.3, -0.25) is 0 Å².